The molecule has 0 atom stereocenters. The van der Waals surface area contributed by atoms with Crippen molar-refractivity contribution in [3.63, 3.8) is 0 Å². The summed E-state index contributed by atoms with van der Waals surface area (Å²) in [7, 11) is 0. The standard InChI is InChI=1S/C10H8N2O/c13-10-7-11-12-9(10)6-8-4-2-1-3-5-8/h1-7,12H/b9-6-. The number of rotatable bonds is 1. The Labute approximate surface area is 75.8 Å². The van der Waals surface area contributed by atoms with Gasteiger partial charge in [-0.25, -0.2) is 0 Å². The van der Waals surface area contributed by atoms with Crippen molar-refractivity contribution in [2.75, 3.05) is 0 Å². The van der Waals surface area contributed by atoms with Crippen LogP contribution in [0.3, 0.4) is 0 Å². The summed E-state index contributed by atoms with van der Waals surface area (Å²) in [5.41, 5.74) is 4.15. The lowest BCUT2D eigenvalue weighted by molar-refractivity contribution is -0.109. The number of nitrogens with zero attached hydrogens (tertiary/aromatic N) is 1. The Bertz CT molecular complexity index is 379. The minimum absolute atomic E-state index is 0.0798. The molecule has 1 aromatic rings. The molecule has 1 heterocycles. The number of benzene rings is 1. The lowest BCUT2D eigenvalue weighted by atomic mass is 10.2. The monoisotopic (exact) mass is 172 g/mol. The average molecular weight is 172 g/mol. The van der Waals surface area contributed by atoms with E-state index < -0.39 is 0 Å². The van der Waals surface area contributed by atoms with E-state index in [1.807, 2.05) is 30.3 Å². The maximum absolute atomic E-state index is 11.1. The summed E-state index contributed by atoms with van der Waals surface area (Å²) >= 11 is 0. The van der Waals surface area contributed by atoms with Gasteiger partial charge in [-0.2, -0.15) is 5.10 Å². The Morgan fingerprint density at radius 2 is 2.00 bits per heavy atom. The van der Waals surface area contributed by atoms with Gasteiger partial charge in [0.05, 0.1) is 6.21 Å². The SMILES string of the molecule is O=C1C=NN/C1=C\c1ccccc1. The van der Waals surface area contributed by atoms with Crippen LogP contribution in [0, 0.1) is 0 Å². The quantitative estimate of drug-likeness (QED) is 0.646. The second kappa shape index (κ2) is 3.23. The second-order valence-electron chi connectivity index (χ2n) is 2.70. The Kier molecular flexibility index (Phi) is 1.92. The molecule has 1 aromatic carbocycles. The van der Waals surface area contributed by atoms with Crippen molar-refractivity contribution >= 4 is 18.1 Å². The highest BCUT2D eigenvalue weighted by Crippen LogP contribution is 2.06. The van der Waals surface area contributed by atoms with Gasteiger partial charge in [0.25, 0.3) is 0 Å². The first kappa shape index (κ1) is 7.73. The molecule has 2 rings (SSSR count). The highest BCUT2D eigenvalue weighted by Gasteiger charge is 2.10. The van der Waals surface area contributed by atoms with Crippen LogP contribution in [-0.4, -0.2) is 12.0 Å². The number of hydrazone groups is 1. The fourth-order valence-corrected chi connectivity index (χ4v) is 1.10. The van der Waals surface area contributed by atoms with Gasteiger partial charge >= 0.3 is 0 Å². The lowest BCUT2D eigenvalue weighted by Gasteiger charge is -1.95. The molecule has 0 aliphatic carbocycles. The second-order valence-corrected chi connectivity index (χ2v) is 2.70. The summed E-state index contributed by atoms with van der Waals surface area (Å²) in [6.07, 6.45) is 3.05. The van der Waals surface area contributed by atoms with Crippen molar-refractivity contribution in [1.82, 2.24) is 5.43 Å². The van der Waals surface area contributed by atoms with Gasteiger partial charge in [-0.05, 0) is 11.6 Å². The maximum atomic E-state index is 11.1. The molecule has 0 bridgehead atoms. The maximum Gasteiger partial charge on any atom is 0.223 e. The Balaban J connectivity index is 2.27. The van der Waals surface area contributed by atoms with Crippen LogP contribution >= 0.6 is 0 Å². The van der Waals surface area contributed by atoms with Crippen molar-refractivity contribution < 1.29 is 4.79 Å². The predicted molar refractivity (Wildman–Crippen MR) is 51.1 cm³/mol. The number of hydrogen-bond donors (Lipinski definition) is 1. The third-order valence-electron chi connectivity index (χ3n) is 1.74. The molecular weight excluding hydrogens is 164 g/mol. The largest absolute Gasteiger partial charge is 0.286 e. The van der Waals surface area contributed by atoms with Crippen LogP contribution in [-0.2, 0) is 4.79 Å². The molecule has 0 aromatic heterocycles. The smallest absolute Gasteiger partial charge is 0.223 e. The molecule has 64 valence electrons. The minimum atomic E-state index is -0.0798. The van der Waals surface area contributed by atoms with E-state index >= 15 is 0 Å². The van der Waals surface area contributed by atoms with E-state index in [0.29, 0.717) is 5.70 Å². The molecule has 0 saturated heterocycles. The van der Waals surface area contributed by atoms with Crippen LogP contribution in [0.2, 0.25) is 0 Å². The molecule has 1 aliphatic heterocycles. The molecule has 0 radical (unpaired) electrons. The van der Waals surface area contributed by atoms with Crippen LogP contribution in [0.15, 0.2) is 41.1 Å². The molecular formula is C10H8N2O. The van der Waals surface area contributed by atoms with Crippen molar-refractivity contribution in [2.24, 2.45) is 5.10 Å². The predicted octanol–water partition coefficient (Wildman–Crippen LogP) is 1.19. The van der Waals surface area contributed by atoms with E-state index in [0.717, 1.165) is 5.56 Å². The van der Waals surface area contributed by atoms with Gasteiger partial charge in [-0.1, -0.05) is 30.3 Å². The van der Waals surface area contributed by atoms with Crippen LogP contribution < -0.4 is 5.43 Å². The summed E-state index contributed by atoms with van der Waals surface area (Å²) in [5, 5.41) is 3.65. The van der Waals surface area contributed by atoms with Crippen molar-refractivity contribution in [3.05, 3.63) is 41.6 Å². The molecule has 13 heavy (non-hydrogen) atoms. The van der Waals surface area contributed by atoms with E-state index in [1.54, 1.807) is 6.08 Å². The number of carbonyl (C=O) groups is 1. The first-order chi connectivity index (χ1) is 6.36. The number of allylic oxidation sites excluding steroid dienone is 1. The van der Waals surface area contributed by atoms with Crippen LogP contribution in [0.25, 0.3) is 6.08 Å². The first-order valence-electron chi connectivity index (χ1n) is 3.96. The number of ketones is 1. The van der Waals surface area contributed by atoms with E-state index in [2.05, 4.69) is 10.5 Å². The lowest BCUT2D eigenvalue weighted by Crippen LogP contribution is -2.05. The van der Waals surface area contributed by atoms with E-state index in [9.17, 15) is 4.79 Å². The van der Waals surface area contributed by atoms with E-state index in [-0.39, 0.29) is 5.78 Å². The zero-order chi connectivity index (χ0) is 9.10. The highest BCUT2D eigenvalue weighted by atomic mass is 16.1. The third-order valence-corrected chi connectivity index (χ3v) is 1.74. The number of Topliss-reactive ketones (excluding diaryl/α,β-unsaturated/α-hetero) is 1. The zero-order valence-electron chi connectivity index (χ0n) is 6.90. The van der Waals surface area contributed by atoms with Gasteiger partial charge in [0.2, 0.25) is 5.78 Å². The molecule has 1 aliphatic rings. The number of carbonyl (C=O) groups excluding carboxylic acids is 1. The van der Waals surface area contributed by atoms with Crippen molar-refractivity contribution in [3.8, 4) is 0 Å². The molecule has 0 unspecified atom stereocenters. The molecule has 0 amide bonds. The highest BCUT2D eigenvalue weighted by molar-refractivity contribution is 6.37. The Hall–Kier alpha value is -1.90. The van der Waals surface area contributed by atoms with Gasteiger partial charge in [0.15, 0.2) is 0 Å². The van der Waals surface area contributed by atoms with Gasteiger partial charge in [0, 0.05) is 0 Å². The molecule has 1 N–H and O–H groups in total. The number of hydrogen-bond acceptors (Lipinski definition) is 3. The Morgan fingerprint density at radius 1 is 1.23 bits per heavy atom. The minimum Gasteiger partial charge on any atom is -0.286 e. The van der Waals surface area contributed by atoms with Crippen molar-refractivity contribution in [1.29, 1.82) is 0 Å². The first-order valence-corrected chi connectivity index (χ1v) is 3.96. The topological polar surface area (TPSA) is 41.5 Å². The fourth-order valence-electron chi connectivity index (χ4n) is 1.10. The van der Waals surface area contributed by atoms with Crippen molar-refractivity contribution in [2.45, 2.75) is 0 Å². The Morgan fingerprint density at radius 3 is 2.62 bits per heavy atom. The average Bonchev–Trinajstić information content (AvgIpc) is 2.54. The molecule has 0 fully saturated rings. The number of nitrogens with one attached hydrogen (secondary N) is 1. The normalized spacial score (nSPS) is 17.8. The third kappa shape index (κ3) is 1.64. The van der Waals surface area contributed by atoms with E-state index in [4.69, 9.17) is 0 Å². The summed E-state index contributed by atoms with van der Waals surface area (Å²) in [6.45, 7) is 0. The van der Waals surface area contributed by atoms with Gasteiger partial charge < -0.3 is 0 Å². The summed E-state index contributed by atoms with van der Waals surface area (Å²) in [5.74, 6) is -0.0798. The summed E-state index contributed by atoms with van der Waals surface area (Å²) < 4.78 is 0. The summed E-state index contributed by atoms with van der Waals surface area (Å²) in [4.78, 5) is 11.1. The molecule has 0 saturated carbocycles. The van der Waals surface area contributed by atoms with Crippen LogP contribution in [0.1, 0.15) is 5.56 Å². The van der Waals surface area contributed by atoms with Gasteiger partial charge in [0.1, 0.15) is 5.70 Å². The van der Waals surface area contributed by atoms with E-state index in [1.165, 1.54) is 6.21 Å². The molecule has 3 nitrogen and oxygen atoms in total. The van der Waals surface area contributed by atoms with Gasteiger partial charge in [-0.3, -0.25) is 10.2 Å². The van der Waals surface area contributed by atoms with Gasteiger partial charge in [-0.15, -0.1) is 0 Å². The zero-order valence-corrected chi connectivity index (χ0v) is 6.90. The molecule has 3 heteroatoms. The summed E-state index contributed by atoms with van der Waals surface area (Å²) in [6, 6.07) is 9.64. The fraction of sp³-hybridized carbons (Fsp3) is 0. The van der Waals surface area contributed by atoms with Crippen LogP contribution in [0.4, 0.5) is 0 Å². The molecule has 0 spiro atoms. The van der Waals surface area contributed by atoms with Crippen LogP contribution in [0.5, 0.6) is 0 Å².